The molecule has 0 saturated heterocycles. The zero-order valence-electron chi connectivity index (χ0n) is 18.3. The number of nitrogens with two attached hydrogens (primary N) is 1. The Bertz CT molecular complexity index is 1180. The number of rotatable bonds is 6. The van der Waals surface area contributed by atoms with Gasteiger partial charge in [0, 0.05) is 24.0 Å². The lowest BCUT2D eigenvalue weighted by molar-refractivity contribution is -0.141. The van der Waals surface area contributed by atoms with E-state index in [0.29, 0.717) is 36.4 Å². The van der Waals surface area contributed by atoms with Crippen LogP contribution in [0.25, 0.3) is 10.4 Å². The fraction of sp³-hybridized carbons (Fsp3) is 0.391. The number of alkyl halides is 3. The number of hydrogen-bond donors (Lipinski definition) is 3. The number of benzene rings is 1. The van der Waals surface area contributed by atoms with Gasteiger partial charge in [0.05, 0.1) is 4.88 Å². The summed E-state index contributed by atoms with van der Waals surface area (Å²) in [6.07, 6.45) is 0.197. The van der Waals surface area contributed by atoms with Gasteiger partial charge in [-0.05, 0) is 67.9 Å². The van der Waals surface area contributed by atoms with Crippen LogP contribution in [-0.4, -0.2) is 26.0 Å². The van der Waals surface area contributed by atoms with E-state index in [9.17, 15) is 23.1 Å². The van der Waals surface area contributed by atoms with Gasteiger partial charge in [0.2, 0.25) is 11.9 Å². The lowest BCUT2D eigenvalue weighted by Gasteiger charge is -2.29. The lowest BCUT2D eigenvalue weighted by Crippen LogP contribution is -2.29. The molecule has 4 N–H and O–H groups in total. The number of halogens is 3. The molecule has 1 aliphatic carbocycles. The highest BCUT2D eigenvalue weighted by Gasteiger charge is 2.33. The van der Waals surface area contributed by atoms with Crippen LogP contribution in [0.4, 0.5) is 24.8 Å². The molecule has 1 aromatic carbocycles. The first-order valence-electron chi connectivity index (χ1n) is 10.8. The summed E-state index contributed by atoms with van der Waals surface area (Å²) >= 11 is 1.36. The number of nitrogens with one attached hydrogen (secondary N) is 1. The van der Waals surface area contributed by atoms with E-state index in [0.717, 1.165) is 28.3 Å². The van der Waals surface area contributed by atoms with E-state index in [-0.39, 0.29) is 23.7 Å². The average molecular weight is 492 g/mol. The maximum absolute atomic E-state index is 12.9. The summed E-state index contributed by atoms with van der Waals surface area (Å²) in [5.41, 5.74) is 6.59. The topological polar surface area (TPSA) is 114 Å². The van der Waals surface area contributed by atoms with Crippen molar-refractivity contribution in [2.75, 3.05) is 5.32 Å². The van der Waals surface area contributed by atoms with Crippen molar-refractivity contribution in [2.24, 2.45) is 17.6 Å². The quantitative estimate of drug-likeness (QED) is 0.447. The molecule has 0 bridgehead atoms. The van der Waals surface area contributed by atoms with Crippen LogP contribution in [0, 0.1) is 18.8 Å². The normalized spacial score (nSPS) is 19.6. The van der Waals surface area contributed by atoms with E-state index < -0.39 is 18.0 Å². The number of thiazole rings is 1. The fourth-order valence-electron chi connectivity index (χ4n) is 4.18. The number of carbonyl (C=O) groups excluding carboxylic acids is 1. The van der Waals surface area contributed by atoms with Crippen molar-refractivity contribution in [3.8, 4) is 10.4 Å². The highest BCUT2D eigenvalue weighted by Crippen LogP contribution is 2.40. The first-order chi connectivity index (χ1) is 16.1. The minimum Gasteiger partial charge on any atom is -0.386 e. The highest BCUT2D eigenvalue weighted by molar-refractivity contribution is 7.15. The third-order valence-electron chi connectivity index (χ3n) is 5.96. The first kappa shape index (κ1) is 24.1. The Labute approximate surface area is 198 Å². The van der Waals surface area contributed by atoms with Crippen molar-refractivity contribution in [2.45, 2.75) is 44.9 Å². The molecule has 0 spiro atoms. The number of amides is 1. The van der Waals surface area contributed by atoms with Crippen LogP contribution < -0.4 is 11.1 Å². The molecule has 1 amide bonds. The minimum absolute atomic E-state index is 0.0161. The number of aliphatic hydroxyl groups excluding tert-OH is 1. The van der Waals surface area contributed by atoms with Crippen LogP contribution in [0.5, 0.6) is 0 Å². The lowest BCUT2D eigenvalue weighted by atomic mass is 9.79. The number of hydrogen-bond acceptors (Lipinski definition) is 7. The molecule has 1 saturated carbocycles. The van der Waals surface area contributed by atoms with Gasteiger partial charge in [0.1, 0.15) is 16.8 Å². The second kappa shape index (κ2) is 9.67. The van der Waals surface area contributed by atoms with E-state index >= 15 is 0 Å². The van der Waals surface area contributed by atoms with Crippen LogP contribution in [0.2, 0.25) is 0 Å². The Morgan fingerprint density at radius 2 is 1.94 bits per heavy atom. The van der Waals surface area contributed by atoms with E-state index in [1.54, 1.807) is 18.3 Å². The van der Waals surface area contributed by atoms with Crippen LogP contribution in [0.3, 0.4) is 0 Å². The summed E-state index contributed by atoms with van der Waals surface area (Å²) < 4.78 is 38.8. The summed E-state index contributed by atoms with van der Waals surface area (Å²) in [5, 5.41) is 14.3. The smallest absolute Gasteiger partial charge is 0.386 e. The minimum atomic E-state index is -4.56. The number of nitrogens with zero attached hydrogens (tertiary/aromatic N) is 3. The molecule has 0 radical (unpaired) electrons. The average Bonchev–Trinajstić information content (AvgIpc) is 3.28. The fourth-order valence-corrected chi connectivity index (χ4v) is 5.17. The van der Waals surface area contributed by atoms with Crippen LogP contribution in [0.15, 0.2) is 36.7 Å². The summed E-state index contributed by atoms with van der Waals surface area (Å²) in [5.74, 6) is -0.557. The molecule has 0 aliphatic heterocycles. The summed E-state index contributed by atoms with van der Waals surface area (Å²) in [7, 11) is 0. The number of carbonyl (C=O) groups is 1. The van der Waals surface area contributed by atoms with Crippen molar-refractivity contribution in [1.82, 2.24) is 15.0 Å². The molecular weight excluding hydrogens is 467 g/mol. The van der Waals surface area contributed by atoms with E-state index in [2.05, 4.69) is 20.3 Å². The molecule has 1 aliphatic rings. The molecule has 180 valence electrons. The van der Waals surface area contributed by atoms with Gasteiger partial charge in [-0.1, -0.05) is 6.07 Å². The SMILES string of the molecule is Cc1cc(Nc2nccc(C(F)(F)F)n2)cc(-c2cnc([C@@H](O)[C@H]3CC[C@H](C(N)=O)CC3)s2)c1. The second-order valence-corrected chi connectivity index (χ2v) is 9.56. The van der Waals surface area contributed by atoms with Crippen molar-refractivity contribution < 1.29 is 23.1 Å². The third-order valence-corrected chi connectivity index (χ3v) is 7.08. The van der Waals surface area contributed by atoms with Crippen LogP contribution >= 0.6 is 11.3 Å². The summed E-state index contributed by atoms with van der Waals surface area (Å²) in [6.45, 7) is 1.87. The Hall–Kier alpha value is -3.05. The molecular formula is C23H24F3N5O2S. The van der Waals surface area contributed by atoms with E-state index in [4.69, 9.17) is 5.73 Å². The monoisotopic (exact) mass is 491 g/mol. The van der Waals surface area contributed by atoms with Crippen LogP contribution in [-0.2, 0) is 11.0 Å². The maximum Gasteiger partial charge on any atom is 0.433 e. The Balaban J connectivity index is 1.50. The molecule has 1 atom stereocenters. The van der Waals surface area contributed by atoms with Crippen LogP contribution in [0.1, 0.15) is 48.1 Å². The van der Waals surface area contributed by atoms with Crippen molar-refractivity contribution >= 4 is 28.9 Å². The summed E-state index contributed by atoms with van der Waals surface area (Å²) in [4.78, 5) is 24.0. The van der Waals surface area contributed by atoms with Gasteiger partial charge in [-0.15, -0.1) is 11.3 Å². The Morgan fingerprint density at radius 1 is 1.21 bits per heavy atom. The predicted molar refractivity (Wildman–Crippen MR) is 122 cm³/mol. The largest absolute Gasteiger partial charge is 0.433 e. The maximum atomic E-state index is 12.9. The summed E-state index contributed by atoms with van der Waals surface area (Å²) in [6, 6.07) is 6.30. The predicted octanol–water partition coefficient (Wildman–Crippen LogP) is 5.00. The second-order valence-electron chi connectivity index (χ2n) is 8.50. The van der Waals surface area contributed by atoms with Crippen molar-refractivity contribution in [3.63, 3.8) is 0 Å². The molecule has 11 heteroatoms. The zero-order valence-corrected chi connectivity index (χ0v) is 19.2. The number of aryl methyl sites for hydroxylation is 1. The molecule has 1 fully saturated rings. The molecule has 34 heavy (non-hydrogen) atoms. The Morgan fingerprint density at radius 3 is 2.62 bits per heavy atom. The molecule has 7 nitrogen and oxygen atoms in total. The van der Waals surface area contributed by atoms with Gasteiger partial charge in [-0.3, -0.25) is 4.79 Å². The van der Waals surface area contributed by atoms with Gasteiger partial charge in [0.25, 0.3) is 0 Å². The molecule has 4 rings (SSSR count). The van der Waals surface area contributed by atoms with Gasteiger partial charge in [0.15, 0.2) is 0 Å². The molecule has 0 unspecified atom stereocenters. The Kier molecular flexibility index (Phi) is 6.85. The number of anilines is 2. The molecule has 2 aromatic heterocycles. The van der Waals surface area contributed by atoms with Gasteiger partial charge < -0.3 is 16.2 Å². The number of aromatic nitrogens is 3. The third kappa shape index (κ3) is 5.53. The van der Waals surface area contributed by atoms with Gasteiger partial charge >= 0.3 is 6.18 Å². The standard InChI is InChI=1S/C23H24F3N5O2S/c1-12-8-15(10-16(9-12)30-22-28-7-6-18(31-22)23(24,25)26)17-11-29-21(34-17)19(32)13-2-4-14(5-3-13)20(27)33/h6-11,13-14,19,32H,2-5H2,1H3,(H2,27,33)(H,28,30,31)/t13-,14-,19-/m0/s1. The first-order valence-corrected chi connectivity index (χ1v) is 11.6. The van der Waals surface area contributed by atoms with Gasteiger partial charge in [-0.25, -0.2) is 15.0 Å². The van der Waals surface area contributed by atoms with Gasteiger partial charge in [-0.2, -0.15) is 13.2 Å². The van der Waals surface area contributed by atoms with Crippen molar-refractivity contribution in [1.29, 1.82) is 0 Å². The highest BCUT2D eigenvalue weighted by atomic mass is 32.1. The zero-order chi connectivity index (χ0) is 24.5. The van der Waals surface area contributed by atoms with E-state index in [1.807, 2.05) is 13.0 Å². The number of primary amides is 1. The molecule has 2 heterocycles. The number of aliphatic hydroxyl groups is 1. The molecule has 3 aromatic rings. The van der Waals surface area contributed by atoms with E-state index in [1.165, 1.54) is 11.3 Å². The van der Waals surface area contributed by atoms with Crippen molar-refractivity contribution in [3.05, 3.63) is 52.9 Å².